The highest BCUT2D eigenvalue weighted by atomic mass is 32.1. The third kappa shape index (κ3) is 2.48. The fourth-order valence-corrected chi connectivity index (χ4v) is 3.47. The van der Waals surface area contributed by atoms with Gasteiger partial charge in [-0.2, -0.15) is 0 Å². The molecule has 0 aliphatic heterocycles. The molecule has 1 atom stereocenters. The van der Waals surface area contributed by atoms with E-state index in [0.29, 0.717) is 16.0 Å². The lowest BCUT2D eigenvalue weighted by atomic mass is 9.86. The molecule has 3 rings (SSSR count). The van der Waals surface area contributed by atoms with E-state index in [2.05, 4.69) is 9.97 Å². The summed E-state index contributed by atoms with van der Waals surface area (Å²) in [4.78, 5) is 33.1. The van der Waals surface area contributed by atoms with Crippen LogP contribution in [0.1, 0.15) is 48.6 Å². The van der Waals surface area contributed by atoms with E-state index in [4.69, 9.17) is 4.74 Å². The number of nitrogens with zero attached hydrogens (tertiary/aromatic N) is 1. The van der Waals surface area contributed by atoms with Gasteiger partial charge in [-0.1, -0.05) is 6.42 Å². The second-order valence-electron chi connectivity index (χ2n) is 5.62. The molecule has 21 heavy (non-hydrogen) atoms. The number of thiophene rings is 1. The van der Waals surface area contributed by atoms with Gasteiger partial charge in [0.1, 0.15) is 4.83 Å². The maximum Gasteiger partial charge on any atom is 0.309 e. The van der Waals surface area contributed by atoms with Crippen molar-refractivity contribution in [2.24, 2.45) is 5.92 Å². The predicted molar refractivity (Wildman–Crippen MR) is 81.6 cm³/mol. The number of hydrogen-bond acceptors (Lipinski definition) is 5. The van der Waals surface area contributed by atoms with E-state index in [0.717, 1.165) is 29.7 Å². The van der Waals surface area contributed by atoms with Gasteiger partial charge in [0, 0.05) is 4.88 Å². The normalized spacial score (nSPS) is 16.7. The van der Waals surface area contributed by atoms with Crippen LogP contribution < -0.4 is 5.56 Å². The highest BCUT2D eigenvalue weighted by Crippen LogP contribution is 2.30. The first-order chi connectivity index (χ1) is 9.97. The molecule has 0 aromatic carbocycles. The molecule has 1 N–H and O–H groups in total. The quantitative estimate of drug-likeness (QED) is 0.885. The number of carbonyl (C=O) groups is 1. The molecule has 5 nitrogen and oxygen atoms in total. The van der Waals surface area contributed by atoms with Crippen LogP contribution in [-0.2, 0) is 9.53 Å². The minimum absolute atomic E-state index is 0.0223. The zero-order valence-electron chi connectivity index (χ0n) is 12.4. The van der Waals surface area contributed by atoms with Gasteiger partial charge < -0.3 is 9.72 Å². The largest absolute Gasteiger partial charge is 0.454 e. The van der Waals surface area contributed by atoms with Crippen molar-refractivity contribution < 1.29 is 9.53 Å². The summed E-state index contributed by atoms with van der Waals surface area (Å²) in [5, 5.41) is 0.638. The number of aromatic nitrogens is 2. The smallest absolute Gasteiger partial charge is 0.309 e. The van der Waals surface area contributed by atoms with E-state index in [1.807, 2.05) is 13.8 Å². The lowest BCUT2D eigenvalue weighted by Crippen LogP contribution is -2.26. The second kappa shape index (κ2) is 5.26. The molecule has 0 radical (unpaired) electrons. The number of hydrogen-bond donors (Lipinski definition) is 1. The summed E-state index contributed by atoms with van der Waals surface area (Å²) in [5.74, 6) is 0.255. The van der Waals surface area contributed by atoms with Crippen molar-refractivity contribution in [2.75, 3.05) is 0 Å². The van der Waals surface area contributed by atoms with Gasteiger partial charge in [-0.25, -0.2) is 4.98 Å². The monoisotopic (exact) mass is 306 g/mol. The molecule has 6 heteroatoms. The first-order valence-corrected chi connectivity index (χ1v) is 7.99. The average Bonchev–Trinajstić information content (AvgIpc) is 2.62. The number of fused-ring (bicyclic) bond motifs is 1. The van der Waals surface area contributed by atoms with Crippen LogP contribution in [0.5, 0.6) is 0 Å². The third-order valence-electron chi connectivity index (χ3n) is 4.17. The molecule has 1 fully saturated rings. The Bertz CT molecular complexity index is 758. The molecule has 1 aliphatic rings. The number of nitrogens with one attached hydrogen (secondary N) is 1. The molecule has 0 saturated heterocycles. The van der Waals surface area contributed by atoms with E-state index in [1.165, 1.54) is 11.3 Å². The van der Waals surface area contributed by atoms with Crippen LogP contribution in [0, 0.1) is 19.8 Å². The topological polar surface area (TPSA) is 72.0 Å². The summed E-state index contributed by atoms with van der Waals surface area (Å²) < 4.78 is 5.41. The van der Waals surface area contributed by atoms with E-state index < -0.39 is 6.10 Å². The first kappa shape index (κ1) is 14.3. The maximum absolute atomic E-state index is 12.2. The molecule has 112 valence electrons. The van der Waals surface area contributed by atoms with Gasteiger partial charge in [0.2, 0.25) is 0 Å². The molecule has 1 aliphatic carbocycles. The summed E-state index contributed by atoms with van der Waals surface area (Å²) >= 11 is 1.49. The Balaban J connectivity index is 1.89. The lowest BCUT2D eigenvalue weighted by Gasteiger charge is -2.24. The van der Waals surface area contributed by atoms with Gasteiger partial charge in [-0.3, -0.25) is 9.59 Å². The van der Waals surface area contributed by atoms with Gasteiger partial charge in [0.15, 0.2) is 11.9 Å². The number of H-pyrrole nitrogens is 1. The number of ether oxygens (including phenoxy) is 1. The van der Waals surface area contributed by atoms with Crippen molar-refractivity contribution in [1.82, 2.24) is 9.97 Å². The zero-order chi connectivity index (χ0) is 15.1. The van der Waals surface area contributed by atoms with Crippen LogP contribution in [0.4, 0.5) is 0 Å². The zero-order valence-corrected chi connectivity index (χ0v) is 13.2. The predicted octanol–water partition coefficient (Wildman–Crippen LogP) is 3.01. The molecular weight excluding hydrogens is 288 g/mol. The standard InChI is InChI=1S/C15H18N2O3S/c1-7-9(3)21-14-11(7)13(18)16-12(17-14)8(2)20-15(19)10-5-4-6-10/h8,10H,4-6H2,1-3H3,(H,16,17,18)/t8-/m0/s1. The van der Waals surface area contributed by atoms with E-state index in [-0.39, 0.29) is 17.4 Å². The third-order valence-corrected chi connectivity index (χ3v) is 5.28. The minimum atomic E-state index is -0.530. The van der Waals surface area contributed by atoms with Gasteiger partial charge in [0.25, 0.3) is 5.56 Å². The number of rotatable bonds is 3. The Kier molecular flexibility index (Phi) is 3.57. The SMILES string of the molecule is Cc1sc2nc([C@H](C)OC(=O)C3CCC3)[nH]c(=O)c2c1C. The number of aromatic amines is 1. The van der Waals surface area contributed by atoms with E-state index in [1.54, 1.807) is 6.92 Å². The van der Waals surface area contributed by atoms with Gasteiger partial charge >= 0.3 is 5.97 Å². The fraction of sp³-hybridized carbons (Fsp3) is 0.533. The molecule has 0 amide bonds. The molecular formula is C15H18N2O3S. The minimum Gasteiger partial charge on any atom is -0.454 e. The van der Waals surface area contributed by atoms with Crippen LogP contribution >= 0.6 is 11.3 Å². The number of esters is 1. The van der Waals surface area contributed by atoms with Gasteiger partial charge in [0.05, 0.1) is 11.3 Å². The molecule has 2 aromatic heterocycles. The van der Waals surface area contributed by atoms with Crippen LogP contribution in [0.25, 0.3) is 10.2 Å². The highest BCUT2D eigenvalue weighted by molar-refractivity contribution is 7.18. The van der Waals surface area contributed by atoms with Gasteiger partial charge in [-0.15, -0.1) is 11.3 Å². The summed E-state index contributed by atoms with van der Waals surface area (Å²) in [5.41, 5.74) is 0.804. The molecule has 0 bridgehead atoms. The Labute approximate surface area is 126 Å². The molecule has 2 heterocycles. The van der Waals surface area contributed by atoms with Crippen LogP contribution in [0.3, 0.4) is 0 Å². The van der Waals surface area contributed by atoms with Crippen molar-refractivity contribution >= 4 is 27.5 Å². The van der Waals surface area contributed by atoms with Crippen molar-refractivity contribution in [1.29, 1.82) is 0 Å². The fourth-order valence-electron chi connectivity index (χ4n) is 2.43. The summed E-state index contributed by atoms with van der Waals surface area (Å²) in [6.07, 6.45) is 2.36. The first-order valence-electron chi connectivity index (χ1n) is 7.17. The Hall–Kier alpha value is -1.69. The van der Waals surface area contributed by atoms with E-state index in [9.17, 15) is 9.59 Å². The molecule has 0 spiro atoms. The average molecular weight is 306 g/mol. The molecule has 2 aromatic rings. The summed E-state index contributed by atoms with van der Waals surface area (Å²) in [6, 6.07) is 0. The Morgan fingerprint density at radius 1 is 1.43 bits per heavy atom. The maximum atomic E-state index is 12.2. The van der Waals surface area contributed by atoms with Crippen molar-refractivity contribution in [2.45, 2.75) is 46.1 Å². The number of aryl methyl sites for hydroxylation is 2. The molecule has 1 saturated carbocycles. The van der Waals surface area contributed by atoms with Crippen molar-refractivity contribution in [3.63, 3.8) is 0 Å². The van der Waals surface area contributed by atoms with Crippen LogP contribution in [0.15, 0.2) is 4.79 Å². The van der Waals surface area contributed by atoms with Crippen molar-refractivity contribution in [3.05, 3.63) is 26.6 Å². The Morgan fingerprint density at radius 3 is 2.76 bits per heavy atom. The van der Waals surface area contributed by atoms with Crippen LogP contribution in [-0.4, -0.2) is 15.9 Å². The second-order valence-corrected chi connectivity index (χ2v) is 6.82. The Morgan fingerprint density at radius 2 is 2.14 bits per heavy atom. The van der Waals surface area contributed by atoms with E-state index >= 15 is 0 Å². The van der Waals surface area contributed by atoms with Gasteiger partial charge in [-0.05, 0) is 39.2 Å². The summed E-state index contributed by atoms with van der Waals surface area (Å²) in [6.45, 7) is 5.64. The lowest BCUT2D eigenvalue weighted by molar-refractivity contribution is -0.156. The summed E-state index contributed by atoms with van der Waals surface area (Å²) in [7, 11) is 0. The molecule has 0 unspecified atom stereocenters. The highest BCUT2D eigenvalue weighted by Gasteiger charge is 2.29. The van der Waals surface area contributed by atoms with Crippen molar-refractivity contribution in [3.8, 4) is 0 Å². The van der Waals surface area contributed by atoms with Crippen LogP contribution in [0.2, 0.25) is 0 Å². The number of carbonyl (C=O) groups excluding carboxylic acids is 1.